The summed E-state index contributed by atoms with van der Waals surface area (Å²) in [6.07, 6.45) is 3.53. The minimum Gasteiger partial charge on any atom is -0.394 e. The molecular weight excluding hydrogens is 400 g/mol. The van der Waals surface area contributed by atoms with E-state index >= 15 is 0 Å². The van der Waals surface area contributed by atoms with Gasteiger partial charge in [0, 0.05) is 25.3 Å². The number of fused-ring (bicyclic) bond motifs is 2. The first-order valence-electron chi connectivity index (χ1n) is 10.6. The predicted molar refractivity (Wildman–Crippen MR) is 116 cm³/mol. The molecule has 1 aromatic carbocycles. The van der Waals surface area contributed by atoms with E-state index in [9.17, 15) is 14.4 Å². The molecule has 1 aliphatic carbocycles. The lowest BCUT2D eigenvalue weighted by atomic mass is 9.77. The van der Waals surface area contributed by atoms with E-state index in [0.29, 0.717) is 41.9 Å². The third-order valence-electron chi connectivity index (χ3n) is 6.59. The molecule has 0 bridgehead atoms. The Hall–Kier alpha value is -2.03. The number of aryl methyl sites for hydroxylation is 1. The van der Waals surface area contributed by atoms with Crippen molar-refractivity contribution in [1.29, 1.82) is 0 Å². The molecule has 0 radical (unpaired) electrons. The summed E-state index contributed by atoms with van der Waals surface area (Å²) < 4.78 is 12.6. The summed E-state index contributed by atoms with van der Waals surface area (Å²) in [5.74, 6) is 1.82. The van der Waals surface area contributed by atoms with Gasteiger partial charge in [0.1, 0.15) is 10.7 Å². The molecule has 3 aliphatic rings. The smallest absolute Gasteiger partial charge is 0.228 e. The Bertz CT molecular complexity index is 1020. The van der Waals surface area contributed by atoms with Gasteiger partial charge in [-0.2, -0.15) is 4.98 Å². The fourth-order valence-corrected chi connectivity index (χ4v) is 5.81. The van der Waals surface area contributed by atoms with E-state index in [1.165, 1.54) is 11.1 Å². The molecule has 3 heterocycles. The number of nitrogens with one attached hydrogen (secondary N) is 1. The Morgan fingerprint density at radius 1 is 1.23 bits per heavy atom. The van der Waals surface area contributed by atoms with Crippen molar-refractivity contribution in [2.75, 3.05) is 22.6 Å². The Labute approximate surface area is 179 Å². The maximum absolute atomic E-state index is 12.6. The summed E-state index contributed by atoms with van der Waals surface area (Å²) in [5.41, 5.74) is 2.88. The molecule has 1 aromatic heterocycles. The van der Waals surface area contributed by atoms with E-state index in [1.807, 2.05) is 6.07 Å². The number of anilines is 2. The third kappa shape index (κ3) is 3.31. The highest BCUT2D eigenvalue weighted by atomic mass is 32.2. The Morgan fingerprint density at radius 3 is 2.67 bits per heavy atom. The van der Waals surface area contributed by atoms with Crippen molar-refractivity contribution in [3.8, 4) is 0 Å². The summed E-state index contributed by atoms with van der Waals surface area (Å²) in [5, 5.41) is 23.7. The molecule has 0 saturated heterocycles. The molecule has 8 heteroatoms. The van der Waals surface area contributed by atoms with Crippen LogP contribution in [0, 0.1) is 0 Å². The van der Waals surface area contributed by atoms with E-state index in [-0.39, 0.29) is 12.1 Å². The topological polar surface area (TPSA) is 98.6 Å². The first-order chi connectivity index (χ1) is 14.3. The molecule has 1 unspecified atom stereocenters. The fraction of sp³-hybridized carbons (Fsp3) is 0.545. The van der Waals surface area contributed by atoms with Crippen molar-refractivity contribution in [2.24, 2.45) is 0 Å². The molecule has 7 nitrogen and oxygen atoms in total. The summed E-state index contributed by atoms with van der Waals surface area (Å²) in [4.78, 5) is 12.4. The van der Waals surface area contributed by atoms with Crippen molar-refractivity contribution < 1.29 is 14.4 Å². The standard InChI is InChI=1S/C22H28N4O3S/c1-21(2,28)16-5-4-14-11-26(12-15(14)10-16)20-23-17-6-9-30(29)18(17)19(24-20)25-22(13-27)7-3-8-22/h4-5,10,27-28H,3,6-9,11-13H2,1-2H3,(H,23,24,25). The number of aliphatic hydroxyl groups is 2. The average Bonchev–Trinajstić information content (AvgIpc) is 3.27. The molecule has 5 rings (SSSR count). The number of rotatable bonds is 5. The minimum absolute atomic E-state index is 0.0443. The highest BCUT2D eigenvalue weighted by molar-refractivity contribution is 7.85. The lowest BCUT2D eigenvalue weighted by Crippen LogP contribution is -2.48. The van der Waals surface area contributed by atoms with Crippen LogP contribution in [0.25, 0.3) is 0 Å². The zero-order chi connectivity index (χ0) is 21.1. The van der Waals surface area contributed by atoms with Crippen LogP contribution in [-0.4, -0.2) is 42.3 Å². The van der Waals surface area contributed by atoms with Crippen LogP contribution in [0.5, 0.6) is 0 Å². The van der Waals surface area contributed by atoms with Crippen LogP contribution in [0.1, 0.15) is 55.5 Å². The summed E-state index contributed by atoms with van der Waals surface area (Å²) in [7, 11) is -1.10. The summed E-state index contributed by atoms with van der Waals surface area (Å²) in [6, 6.07) is 6.11. The first kappa shape index (κ1) is 19.9. The van der Waals surface area contributed by atoms with Crippen molar-refractivity contribution >= 4 is 22.6 Å². The van der Waals surface area contributed by atoms with E-state index in [2.05, 4.69) is 22.3 Å². The van der Waals surface area contributed by atoms with Crippen LogP contribution >= 0.6 is 0 Å². The highest BCUT2D eigenvalue weighted by Gasteiger charge is 2.39. The second kappa shape index (κ2) is 7.00. The zero-order valence-electron chi connectivity index (χ0n) is 17.4. The molecule has 2 aromatic rings. The van der Waals surface area contributed by atoms with Crippen LogP contribution in [0.15, 0.2) is 23.1 Å². The lowest BCUT2D eigenvalue weighted by Gasteiger charge is -2.41. The van der Waals surface area contributed by atoms with Gasteiger partial charge in [0.25, 0.3) is 0 Å². The molecule has 160 valence electrons. The molecule has 1 atom stereocenters. The second-order valence-corrected chi connectivity index (χ2v) is 10.8. The lowest BCUT2D eigenvalue weighted by molar-refractivity contribution is 0.0785. The molecule has 1 saturated carbocycles. The summed E-state index contributed by atoms with van der Waals surface area (Å²) in [6.45, 7) is 5.00. The molecule has 3 N–H and O–H groups in total. The molecule has 0 spiro atoms. The largest absolute Gasteiger partial charge is 0.394 e. The van der Waals surface area contributed by atoms with Gasteiger partial charge in [-0.05, 0) is 49.8 Å². The number of aromatic nitrogens is 2. The van der Waals surface area contributed by atoms with E-state index < -0.39 is 16.4 Å². The van der Waals surface area contributed by atoms with Crippen molar-refractivity contribution in [2.45, 2.75) is 68.7 Å². The van der Waals surface area contributed by atoms with E-state index in [1.54, 1.807) is 13.8 Å². The van der Waals surface area contributed by atoms with Crippen LogP contribution in [0.2, 0.25) is 0 Å². The van der Waals surface area contributed by atoms with Crippen molar-refractivity contribution in [3.05, 3.63) is 40.6 Å². The molecule has 30 heavy (non-hydrogen) atoms. The maximum atomic E-state index is 12.6. The van der Waals surface area contributed by atoms with Crippen LogP contribution in [-0.2, 0) is 35.9 Å². The first-order valence-corrected chi connectivity index (χ1v) is 11.9. The Kier molecular flexibility index (Phi) is 4.65. The van der Waals surface area contributed by atoms with Crippen LogP contribution in [0.3, 0.4) is 0 Å². The van der Waals surface area contributed by atoms with Gasteiger partial charge in [0.2, 0.25) is 5.95 Å². The molecule has 2 aliphatic heterocycles. The van der Waals surface area contributed by atoms with Gasteiger partial charge < -0.3 is 20.4 Å². The number of benzene rings is 1. The number of aliphatic hydroxyl groups excluding tert-OH is 1. The normalized spacial score (nSPS) is 21.9. The van der Waals surface area contributed by atoms with Gasteiger partial charge in [-0.15, -0.1) is 0 Å². The predicted octanol–water partition coefficient (Wildman–Crippen LogP) is 2.21. The van der Waals surface area contributed by atoms with Crippen molar-refractivity contribution in [1.82, 2.24) is 9.97 Å². The fourth-order valence-electron chi connectivity index (χ4n) is 4.50. The second-order valence-electron chi connectivity index (χ2n) is 9.26. The minimum atomic E-state index is -1.10. The summed E-state index contributed by atoms with van der Waals surface area (Å²) >= 11 is 0. The van der Waals surface area contributed by atoms with Gasteiger partial charge in [0.15, 0.2) is 0 Å². The monoisotopic (exact) mass is 428 g/mol. The van der Waals surface area contributed by atoms with Gasteiger partial charge in [0.05, 0.1) is 34.2 Å². The molecule has 0 amide bonds. The Morgan fingerprint density at radius 2 is 2.00 bits per heavy atom. The van der Waals surface area contributed by atoms with E-state index in [4.69, 9.17) is 9.97 Å². The van der Waals surface area contributed by atoms with E-state index in [0.717, 1.165) is 30.5 Å². The third-order valence-corrected chi connectivity index (χ3v) is 8.05. The van der Waals surface area contributed by atoms with Crippen LogP contribution in [0.4, 0.5) is 11.8 Å². The van der Waals surface area contributed by atoms with Gasteiger partial charge in [-0.3, -0.25) is 4.21 Å². The van der Waals surface area contributed by atoms with Gasteiger partial charge >= 0.3 is 0 Å². The average molecular weight is 429 g/mol. The number of nitrogens with zero attached hydrogens (tertiary/aromatic N) is 3. The number of hydrogen-bond donors (Lipinski definition) is 3. The Balaban J connectivity index is 1.48. The quantitative estimate of drug-likeness (QED) is 0.672. The SMILES string of the molecule is CC(C)(O)c1ccc2c(c1)CN(c1nc3c(c(NC4(CO)CCC4)n1)S(=O)CC3)C2. The van der Waals surface area contributed by atoms with Gasteiger partial charge in [-0.1, -0.05) is 18.2 Å². The van der Waals surface area contributed by atoms with Crippen LogP contribution < -0.4 is 10.2 Å². The van der Waals surface area contributed by atoms with Gasteiger partial charge in [-0.25, -0.2) is 4.98 Å². The van der Waals surface area contributed by atoms with Crippen molar-refractivity contribution in [3.63, 3.8) is 0 Å². The zero-order valence-corrected chi connectivity index (χ0v) is 18.3. The number of hydrogen-bond acceptors (Lipinski definition) is 7. The molecular formula is C22H28N4O3S. The highest BCUT2D eigenvalue weighted by Crippen LogP contribution is 2.39. The molecule has 1 fully saturated rings. The maximum Gasteiger partial charge on any atom is 0.228 e.